The average Bonchev–Trinajstić information content (AvgIpc) is 2.20. The fourth-order valence-corrected chi connectivity index (χ4v) is 0. The van der Waals surface area contributed by atoms with E-state index in [4.69, 9.17) is 0 Å². The molecule has 0 aliphatic carbocycles. The van der Waals surface area contributed by atoms with Crippen molar-refractivity contribution in [1.82, 2.24) is 0 Å². The van der Waals surface area contributed by atoms with Crippen molar-refractivity contribution >= 4 is 204 Å². The second-order valence-electron chi connectivity index (χ2n) is 2.23. The van der Waals surface area contributed by atoms with Crippen LogP contribution in [0.1, 0.15) is 0 Å². The van der Waals surface area contributed by atoms with Gasteiger partial charge in [0.05, 0.1) is 0 Å². The van der Waals surface area contributed by atoms with Crippen LogP contribution in [0.2, 0.25) is 0 Å². The van der Waals surface area contributed by atoms with E-state index in [-0.39, 0.29) is 50.7 Å². The zero-order valence-corrected chi connectivity index (χ0v) is 27.8. The molecular weight excluding hydrogens is 817 g/mol. The molecule has 0 rings (SSSR count). The molecule has 0 fully saturated rings. The molecule has 0 saturated heterocycles. The summed E-state index contributed by atoms with van der Waals surface area (Å²) >= 11 is 57.8. The van der Waals surface area contributed by atoms with Gasteiger partial charge in [0.25, 0.3) is 0 Å². The third-order valence-corrected chi connectivity index (χ3v) is 0. The van der Waals surface area contributed by atoms with Crippen molar-refractivity contribution in [3.63, 3.8) is 0 Å². The SMILES string of the molecule is NC(=S)[S-].NC(=S)[S-].NC(=S)[S-].NC(=S)[S-].NC(=S)[S-].NC(=S)[S-].NC(=S)[S-].[Re+7]. The molecule has 7 nitrogen and oxygen atoms in total. The molecule has 0 unspecified atom stereocenters. The van der Waals surface area contributed by atoms with Crippen molar-refractivity contribution < 1.29 is 20.4 Å². The molecule has 0 aromatic rings. The first-order valence-corrected chi connectivity index (χ1v) is 10.6. The van der Waals surface area contributed by atoms with Gasteiger partial charge in [-0.15, -0.1) is 0 Å². The van der Waals surface area contributed by atoms with E-state index in [2.05, 4.69) is 214 Å². The van der Waals surface area contributed by atoms with Gasteiger partial charge < -0.3 is 214 Å². The molecular formula is C7H14N7ReS14. The largest absolute Gasteiger partial charge is 7.00 e. The third kappa shape index (κ3) is 10800. The van der Waals surface area contributed by atoms with Crippen LogP contribution in [0, 0.1) is 0 Å². The number of hydrogen-bond acceptors (Lipinski definition) is 14. The summed E-state index contributed by atoms with van der Waals surface area (Å²) in [7, 11) is 0. The van der Waals surface area contributed by atoms with Crippen LogP contribution in [0.3, 0.4) is 0 Å². The summed E-state index contributed by atoms with van der Waals surface area (Å²) in [5.74, 6) is 0. The summed E-state index contributed by atoms with van der Waals surface area (Å²) in [6.45, 7) is 0. The van der Waals surface area contributed by atoms with Crippen LogP contribution < -0.4 is 40.1 Å². The normalized spacial score (nSPS) is 5.79. The van der Waals surface area contributed by atoms with E-state index < -0.39 is 0 Å². The summed E-state index contributed by atoms with van der Waals surface area (Å²) in [4.78, 5) is 0. The van der Waals surface area contributed by atoms with Crippen LogP contribution in [-0.2, 0) is 109 Å². The van der Waals surface area contributed by atoms with Crippen molar-refractivity contribution in [3.05, 3.63) is 0 Å². The van der Waals surface area contributed by atoms with Gasteiger partial charge in [-0.1, -0.05) is 30.2 Å². The van der Waals surface area contributed by atoms with Crippen LogP contribution in [0.5, 0.6) is 0 Å². The molecule has 0 atom stereocenters. The Bertz CT molecular complexity index is 327. The second-order valence-corrected chi connectivity index (χ2v) is 10.2. The van der Waals surface area contributed by atoms with Crippen molar-refractivity contribution in [3.8, 4) is 0 Å². The monoisotopic (exact) mass is 831 g/mol. The van der Waals surface area contributed by atoms with Gasteiger partial charge in [0, 0.05) is 0 Å². The molecule has 168 valence electrons. The molecule has 0 saturated carbocycles. The van der Waals surface area contributed by atoms with E-state index >= 15 is 0 Å². The average molecular weight is 831 g/mol. The Kier molecular flexibility index (Phi) is 85.4. The summed E-state index contributed by atoms with van der Waals surface area (Å²) in [6, 6.07) is 0. The summed E-state index contributed by atoms with van der Waals surface area (Å²) in [6.07, 6.45) is 0. The molecule has 0 bridgehead atoms. The third-order valence-electron chi connectivity index (χ3n) is 0. The van der Waals surface area contributed by atoms with Crippen LogP contribution in [0.25, 0.3) is 0 Å². The van der Waals surface area contributed by atoms with Crippen LogP contribution in [0.4, 0.5) is 0 Å². The molecule has 0 radical (unpaired) electrons. The molecule has 14 N–H and O–H groups in total. The summed E-state index contributed by atoms with van der Waals surface area (Å²) < 4.78 is 0.583. The Morgan fingerprint density at radius 2 is 0.310 bits per heavy atom. The Morgan fingerprint density at radius 3 is 0.310 bits per heavy atom. The second kappa shape index (κ2) is 47.3. The molecule has 0 amide bonds. The molecule has 0 spiro atoms. The van der Waals surface area contributed by atoms with Gasteiger partial charge in [-0.3, -0.25) is 0 Å². The molecule has 0 heterocycles. The standard InChI is InChI=1S/7CH3NS2.Re/c7*2-1(3)4;/h7*(H3,2,3,4);/q;;;;;;;+7/p-7. The van der Waals surface area contributed by atoms with Gasteiger partial charge >= 0.3 is 20.4 Å². The Labute approximate surface area is 261 Å². The van der Waals surface area contributed by atoms with Gasteiger partial charge in [0.1, 0.15) is 0 Å². The first-order valence-electron chi connectivity index (χ1n) is 4.88. The fraction of sp³-hybridized carbons (Fsp3) is 0. The molecule has 22 heteroatoms. The predicted molar refractivity (Wildman–Crippen MR) is 169 cm³/mol. The number of hydrogen-bond donors (Lipinski definition) is 7. The van der Waals surface area contributed by atoms with Crippen LogP contribution >= 0.6 is 85.5 Å². The molecule has 0 aliphatic heterocycles. The van der Waals surface area contributed by atoms with E-state index in [0.717, 1.165) is 0 Å². The Hall–Kier alpha value is 1.43. The smallest absolute Gasteiger partial charge is 0.415 e. The van der Waals surface area contributed by atoms with E-state index in [1.807, 2.05) is 0 Å². The topological polar surface area (TPSA) is 182 Å². The van der Waals surface area contributed by atoms with Gasteiger partial charge in [0.2, 0.25) is 0 Å². The summed E-state index contributed by atoms with van der Waals surface area (Å²) in [5, 5.41) is 0. The maximum atomic E-state index is 4.66. The Morgan fingerprint density at radius 1 is 0.310 bits per heavy atom. The minimum Gasteiger partial charge on any atom is -0.415 e. The minimum atomic E-state index is 0. The minimum absolute atomic E-state index is 0. The predicted octanol–water partition coefficient (Wildman–Crippen LogP) is -1.56. The van der Waals surface area contributed by atoms with Gasteiger partial charge in [-0.05, 0) is 0 Å². The quantitative estimate of drug-likeness (QED) is 0.110. The Balaban J connectivity index is -0.0000000294. The van der Waals surface area contributed by atoms with E-state index in [1.54, 1.807) is 0 Å². The van der Waals surface area contributed by atoms with E-state index in [9.17, 15) is 0 Å². The van der Waals surface area contributed by atoms with Crippen molar-refractivity contribution in [2.45, 2.75) is 0 Å². The van der Waals surface area contributed by atoms with Crippen molar-refractivity contribution in [2.24, 2.45) is 40.1 Å². The van der Waals surface area contributed by atoms with E-state index in [1.165, 1.54) is 0 Å². The molecule has 0 aliphatic rings. The molecule has 29 heavy (non-hydrogen) atoms. The number of thiocarbonyl (C=S) groups is 7. The van der Waals surface area contributed by atoms with Gasteiger partial charge in [-0.25, -0.2) is 0 Å². The maximum absolute atomic E-state index is 4.66. The first kappa shape index (κ1) is 52.4. The number of rotatable bonds is 0. The van der Waals surface area contributed by atoms with Crippen molar-refractivity contribution in [2.75, 3.05) is 0 Å². The zero-order chi connectivity index (χ0) is 25.0. The van der Waals surface area contributed by atoms with E-state index in [0.29, 0.717) is 0 Å². The zero-order valence-electron chi connectivity index (χ0n) is 13.6. The van der Waals surface area contributed by atoms with Gasteiger partial charge in [0.15, 0.2) is 0 Å². The van der Waals surface area contributed by atoms with Gasteiger partial charge in [-0.2, -0.15) is 0 Å². The van der Waals surface area contributed by atoms with Crippen molar-refractivity contribution in [1.29, 1.82) is 0 Å². The first-order chi connectivity index (χ1) is 12.1. The van der Waals surface area contributed by atoms with Crippen LogP contribution in [0.15, 0.2) is 0 Å². The fourth-order valence-electron chi connectivity index (χ4n) is 0. The molecule has 0 aromatic carbocycles. The van der Waals surface area contributed by atoms with Crippen LogP contribution in [-0.4, -0.2) is 30.2 Å². The molecule has 0 aromatic heterocycles. The maximum Gasteiger partial charge on any atom is 7.00 e. The summed E-state index contributed by atoms with van der Waals surface area (Å²) in [5.41, 5.74) is 32.6. The number of nitrogens with two attached hydrogens (primary N) is 7.